The number of nitrogens with zero attached hydrogens (tertiary/aromatic N) is 2. The molecule has 0 aromatic heterocycles. The van der Waals surface area contributed by atoms with E-state index in [9.17, 15) is 0 Å². The minimum absolute atomic E-state index is 0.193. The summed E-state index contributed by atoms with van der Waals surface area (Å²) in [4.78, 5) is 7.92. The highest BCUT2D eigenvalue weighted by Crippen LogP contribution is 2.13. The van der Waals surface area contributed by atoms with Crippen molar-refractivity contribution in [1.82, 2.24) is 0 Å². The Hall–Kier alpha value is -0.860. The molecule has 1 aliphatic rings. The van der Waals surface area contributed by atoms with E-state index in [0.29, 0.717) is 19.2 Å². The van der Waals surface area contributed by atoms with Crippen molar-refractivity contribution in [3.8, 4) is 0 Å². The zero-order valence-corrected chi connectivity index (χ0v) is 7.29. The minimum atomic E-state index is 0.193. The van der Waals surface area contributed by atoms with Gasteiger partial charge in [0.15, 0.2) is 0 Å². The summed E-state index contributed by atoms with van der Waals surface area (Å²) in [6.45, 7) is 7.59. The molecular weight excluding hydrogens is 140 g/mol. The topological polar surface area (TPSA) is 34.0 Å². The van der Waals surface area contributed by atoms with E-state index in [1.54, 1.807) is 6.21 Å². The molecule has 0 amide bonds. The van der Waals surface area contributed by atoms with Gasteiger partial charge in [-0.25, -0.2) is 4.99 Å². The zero-order valence-electron chi connectivity index (χ0n) is 7.29. The lowest BCUT2D eigenvalue weighted by molar-refractivity contribution is 0.191. The lowest BCUT2D eigenvalue weighted by Crippen LogP contribution is -2.18. The summed E-state index contributed by atoms with van der Waals surface area (Å²) in [5.41, 5.74) is 0.193. The fourth-order valence-corrected chi connectivity index (χ4v) is 0.644. The first-order valence-electron chi connectivity index (χ1n) is 3.75. The van der Waals surface area contributed by atoms with Crippen molar-refractivity contribution < 1.29 is 4.74 Å². The number of hydrogen-bond acceptors (Lipinski definition) is 3. The maximum atomic E-state index is 5.37. The van der Waals surface area contributed by atoms with Gasteiger partial charge >= 0.3 is 0 Å². The maximum Gasteiger partial charge on any atom is 0.229 e. The Morgan fingerprint density at radius 2 is 2.27 bits per heavy atom. The molecule has 62 valence electrons. The van der Waals surface area contributed by atoms with Crippen molar-refractivity contribution in [2.75, 3.05) is 13.3 Å². The lowest BCUT2D eigenvalue weighted by atomic mass is 9.99. The molecule has 0 fully saturated rings. The second kappa shape index (κ2) is 3.03. The maximum absolute atomic E-state index is 5.37. The molecule has 3 nitrogen and oxygen atoms in total. The number of ether oxygens (including phenoxy) is 1. The molecule has 0 aromatic rings. The van der Waals surface area contributed by atoms with E-state index in [4.69, 9.17) is 4.74 Å². The largest absolute Gasteiger partial charge is 0.476 e. The third-order valence-electron chi connectivity index (χ3n) is 1.16. The molecule has 0 spiro atoms. The average molecular weight is 154 g/mol. The fraction of sp³-hybridized carbons (Fsp3) is 0.750. The fourth-order valence-electron chi connectivity index (χ4n) is 0.644. The standard InChI is InChI=1S/C8H14N2O/c1-8(2,3)5-11-7-4-9-6-10-7/h4H,5-6H2,1-3H3. The summed E-state index contributed by atoms with van der Waals surface area (Å²) in [5, 5.41) is 0. The number of rotatable bonds is 1. The molecule has 0 saturated carbocycles. The highest BCUT2D eigenvalue weighted by Gasteiger charge is 2.12. The molecule has 0 N–H and O–H groups in total. The predicted molar refractivity (Wildman–Crippen MR) is 46.2 cm³/mol. The average Bonchev–Trinajstić information content (AvgIpc) is 2.32. The summed E-state index contributed by atoms with van der Waals surface area (Å²) in [6.07, 6.45) is 1.67. The molecule has 1 rings (SSSR count). The molecule has 1 heterocycles. The molecule has 3 heteroatoms. The van der Waals surface area contributed by atoms with Gasteiger partial charge in [-0.15, -0.1) is 0 Å². The smallest absolute Gasteiger partial charge is 0.229 e. The van der Waals surface area contributed by atoms with Gasteiger partial charge in [0.2, 0.25) is 5.90 Å². The van der Waals surface area contributed by atoms with Gasteiger partial charge in [-0.05, 0) is 5.41 Å². The van der Waals surface area contributed by atoms with Crippen LogP contribution in [0.15, 0.2) is 9.98 Å². The van der Waals surface area contributed by atoms with Gasteiger partial charge in [0.05, 0.1) is 12.8 Å². The molecule has 0 saturated heterocycles. The van der Waals surface area contributed by atoms with Crippen LogP contribution in [0.25, 0.3) is 0 Å². The van der Waals surface area contributed by atoms with Crippen molar-refractivity contribution in [2.24, 2.45) is 15.4 Å². The van der Waals surface area contributed by atoms with Crippen LogP contribution in [-0.2, 0) is 4.74 Å². The van der Waals surface area contributed by atoms with Crippen LogP contribution in [0.2, 0.25) is 0 Å². The Morgan fingerprint density at radius 1 is 1.55 bits per heavy atom. The number of hydrogen-bond donors (Lipinski definition) is 0. The van der Waals surface area contributed by atoms with Gasteiger partial charge < -0.3 is 4.74 Å². The summed E-state index contributed by atoms with van der Waals surface area (Å²) >= 11 is 0. The summed E-state index contributed by atoms with van der Waals surface area (Å²) < 4.78 is 5.37. The van der Waals surface area contributed by atoms with Gasteiger partial charge in [-0.1, -0.05) is 20.8 Å². The van der Waals surface area contributed by atoms with Gasteiger partial charge in [-0.3, -0.25) is 4.99 Å². The van der Waals surface area contributed by atoms with Crippen LogP contribution in [-0.4, -0.2) is 25.4 Å². The molecule has 0 atom stereocenters. The first-order chi connectivity index (χ1) is 5.08. The van der Waals surface area contributed by atoms with Crippen molar-refractivity contribution in [3.05, 3.63) is 0 Å². The van der Waals surface area contributed by atoms with Gasteiger partial charge in [0.25, 0.3) is 0 Å². The van der Waals surface area contributed by atoms with Crippen LogP contribution in [0.3, 0.4) is 0 Å². The molecule has 1 aliphatic heterocycles. The molecule has 0 aliphatic carbocycles. The number of aliphatic imine (C=N–C) groups is 2. The van der Waals surface area contributed by atoms with Crippen molar-refractivity contribution >= 4 is 12.1 Å². The Morgan fingerprint density at radius 3 is 2.73 bits per heavy atom. The molecule has 0 aromatic carbocycles. The van der Waals surface area contributed by atoms with E-state index >= 15 is 0 Å². The summed E-state index contributed by atoms with van der Waals surface area (Å²) in [7, 11) is 0. The van der Waals surface area contributed by atoms with E-state index in [-0.39, 0.29) is 5.41 Å². The molecule has 0 bridgehead atoms. The zero-order chi connectivity index (χ0) is 8.32. The van der Waals surface area contributed by atoms with Gasteiger partial charge in [0.1, 0.15) is 6.67 Å². The highest BCUT2D eigenvalue weighted by molar-refractivity contribution is 6.27. The van der Waals surface area contributed by atoms with E-state index in [1.165, 1.54) is 0 Å². The molecular formula is C8H14N2O. The van der Waals surface area contributed by atoms with Crippen LogP contribution in [0.1, 0.15) is 20.8 Å². The van der Waals surface area contributed by atoms with Crippen molar-refractivity contribution in [1.29, 1.82) is 0 Å². The second-order valence-electron chi connectivity index (χ2n) is 3.80. The van der Waals surface area contributed by atoms with Crippen LogP contribution in [0.4, 0.5) is 0 Å². The first-order valence-corrected chi connectivity index (χ1v) is 3.75. The lowest BCUT2D eigenvalue weighted by Gasteiger charge is -2.17. The molecule has 0 unspecified atom stereocenters. The Bertz CT molecular complexity index is 189. The normalized spacial score (nSPS) is 16.8. The van der Waals surface area contributed by atoms with Gasteiger partial charge in [0, 0.05) is 0 Å². The van der Waals surface area contributed by atoms with E-state index < -0.39 is 0 Å². The Kier molecular flexibility index (Phi) is 2.27. The monoisotopic (exact) mass is 154 g/mol. The third-order valence-corrected chi connectivity index (χ3v) is 1.16. The highest BCUT2D eigenvalue weighted by atomic mass is 16.5. The van der Waals surface area contributed by atoms with E-state index in [0.717, 1.165) is 0 Å². The van der Waals surface area contributed by atoms with Crippen LogP contribution in [0.5, 0.6) is 0 Å². The predicted octanol–water partition coefficient (Wildman–Crippen LogP) is 1.49. The first kappa shape index (κ1) is 8.24. The molecule has 0 radical (unpaired) electrons. The Labute approximate surface area is 67.2 Å². The summed E-state index contributed by atoms with van der Waals surface area (Å²) in [5.74, 6) is 0.667. The Balaban J connectivity index is 2.28. The van der Waals surface area contributed by atoms with Crippen molar-refractivity contribution in [2.45, 2.75) is 20.8 Å². The minimum Gasteiger partial charge on any atom is -0.476 e. The quantitative estimate of drug-likeness (QED) is 0.563. The van der Waals surface area contributed by atoms with Crippen LogP contribution in [0, 0.1) is 5.41 Å². The third kappa shape index (κ3) is 3.16. The van der Waals surface area contributed by atoms with Crippen LogP contribution >= 0.6 is 0 Å². The SMILES string of the molecule is CC(C)(C)COC1=NCN=C1. The molecule has 11 heavy (non-hydrogen) atoms. The van der Waals surface area contributed by atoms with Crippen LogP contribution < -0.4 is 0 Å². The van der Waals surface area contributed by atoms with Gasteiger partial charge in [-0.2, -0.15) is 0 Å². The van der Waals surface area contributed by atoms with E-state index in [1.807, 2.05) is 0 Å². The van der Waals surface area contributed by atoms with Crippen molar-refractivity contribution in [3.63, 3.8) is 0 Å². The summed E-state index contributed by atoms with van der Waals surface area (Å²) in [6, 6.07) is 0. The second-order valence-corrected chi connectivity index (χ2v) is 3.80. The van der Waals surface area contributed by atoms with E-state index in [2.05, 4.69) is 30.8 Å².